The molecule has 4 rings (SSSR count). The van der Waals surface area contributed by atoms with Crippen molar-refractivity contribution in [3.8, 4) is 11.1 Å². The number of benzene rings is 2. The third kappa shape index (κ3) is 4.72. The van der Waals surface area contributed by atoms with Crippen molar-refractivity contribution in [1.82, 2.24) is 19.8 Å². The largest absolute Gasteiger partial charge is 0.341 e. The molecule has 7 heteroatoms. The molecule has 32 heavy (non-hydrogen) atoms. The molecule has 0 radical (unpaired) electrons. The molecule has 0 bridgehead atoms. The van der Waals surface area contributed by atoms with E-state index in [9.17, 15) is 14.0 Å². The van der Waals surface area contributed by atoms with Crippen molar-refractivity contribution >= 4 is 11.8 Å². The Morgan fingerprint density at radius 1 is 1.16 bits per heavy atom. The Labute approximate surface area is 187 Å². The molecule has 1 saturated heterocycles. The van der Waals surface area contributed by atoms with Gasteiger partial charge in [-0.2, -0.15) is 0 Å². The third-order valence-electron chi connectivity index (χ3n) is 5.87. The van der Waals surface area contributed by atoms with E-state index in [4.69, 9.17) is 0 Å². The molecule has 1 atom stereocenters. The SMILES string of the molecule is CCCN1CCN(C(=O)c2cnc[nH]2)C[C@@H](Cc2ccc(-c3ccccc3F)cc2)C1=O. The zero-order valence-electron chi connectivity index (χ0n) is 18.1. The van der Waals surface area contributed by atoms with E-state index in [1.807, 2.05) is 42.2 Å². The highest BCUT2D eigenvalue weighted by Crippen LogP contribution is 2.24. The van der Waals surface area contributed by atoms with Crippen molar-refractivity contribution in [1.29, 1.82) is 0 Å². The Kier molecular flexibility index (Phi) is 6.63. The molecule has 2 amide bonds. The van der Waals surface area contributed by atoms with Gasteiger partial charge < -0.3 is 14.8 Å². The van der Waals surface area contributed by atoms with Crippen LogP contribution >= 0.6 is 0 Å². The molecule has 1 fully saturated rings. The molecule has 0 unspecified atom stereocenters. The summed E-state index contributed by atoms with van der Waals surface area (Å²) in [7, 11) is 0. The summed E-state index contributed by atoms with van der Waals surface area (Å²) in [4.78, 5) is 36.5. The number of hydrogen-bond donors (Lipinski definition) is 1. The highest BCUT2D eigenvalue weighted by Gasteiger charge is 2.32. The number of halogens is 1. The van der Waals surface area contributed by atoms with Gasteiger partial charge in [-0.1, -0.05) is 49.4 Å². The van der Waals surface area contributed by atoms with E-state index in [0.717, 1.165) is 17.5 Å². The van der Waals surface area contributed by atoms with Crippen LogP contribution in [0.2, 0.25) is 0 Å². The molecule has 0 saturated carbocycles. The van der Waals surface area contributed by atoms with Crippen molar-refractivity contribution in [2.45, 2.75) is 19.8 Å². The van der Waals surface area contributed by atoms with E-state index in [1.54, 1.807) is 17.0 Å². The third-order valence-corrected chi connectivity index (χ3v) is 5.87. The second kappa shape index (κ2) is 9.77. The first-order valence-electron chi connectivity index (χ1n) is 11.0. The normalized spacial score (nSPS) is 16.8. The molecule has 1 aromatic heterocycles. The first kappa shape index (κ1) is 21.7. The molecule has 166 valence electrons. The number of hydrogen-bond acceptors (Lipinski definition) is 3. The highest BCUT2D eigenvalue weighted by molar-refractivity contribution is 5.93. The summed E-state index contributed by atoms with van der Waals surface area (Å²) in [5.74, 6) is -0.670. The van der Waals surface area contributed by atoms with Gasteiger partial charge in [0, 0.05) is 31.7 Å². The lowest BCUT2D eigenvalue weighted by atomic mass is 9.95. The predicted octanol–water partition coefficient (Wildman–Crippen LogP) is 3.77. The van der Waals surface area contributed by atoms with Crippen LogP contribution in [-0.2, 0) is 11.2 Å². The molecule has 2 aromatic carbocycles. The fourth-order valence-corrected chi connectivity index (χ4v) is 4.22. The van der Waals surface area contributed by atoms with Crippen LogP contribution in [0.1, 0.15) is 29.4 Å². The van der Waals surface area contributed by atoms with Crippen molar-refractivity contribution in [2.24, 2.45) is 5.92 Å². The van der Waals surface area contributed by atoms with Crippen molar-refractivity contribution in [3.05, 3.63) is 78.1 Å². The number of nitrogens with one attached hydrogen (secondary N) is 1. The molecule has 0 spiro atoms. The Morgan fingerprint density at radius 3 is 2.62 bits per heavy atom. The lowest BCUT2D eigenvalue weighted by Gasteiger charge is -2.23. The van der Waals surface area contributed by atoms with Crippen LogP contribution in [-0.4, -0.2) is 57.8 Å². The van der Waals surface area contributed by atoms with Gasteiger partial charge in [-0.3, -0.25) is 9.59 Å². The number of aromatic nitrogens is 2. The summed E-state index contributed by atoms with van der Waals surface area (Å²) < 4.78 is 14.1. The fourth-order valence-electron chi connectivity index (χ4n) is 4.22. The molecule has 3 aromatic rings. The minimum Gasteiger partial charge on any atom is -0.341 e. The second-order valence-corrected chi connectivity index (χ2v) is 8.12. The highest BCUT2D eigenvalue weighted by atomic mass is 19.1. The average molecular weight is 435 g/mol. The lowest BCUT2D eigenvalue weighted by Crippen LogP contribution is -2.38. The first-order chi connectivity index (χ1) is 15.6. The fraction of sp³-hybridized carbons (Fsp3) is 0.320. The molecule has 0 aliphatic carbocycles. The first-order valence-corrected chi connectivity index (χ1v) is 11.0. The van der Waals surface area contributed by atoms with E-state index in [0.29, 0.717) is 43.9 Å². The van der Waals surface area contributed by atoms with Crippen molar-refractivity contribution < 1.29 is 14.0 Å². The average Bonchev–Trinajstić information content (AvgIpc) is 3.30. The summed E-state index contributed by atoms with van der Waals surface area (Å²) in [6.45, 7) is 4.09. The summed E-state index contributed by atoms with van der Waals surface area (Å²) in [5.41, 5.74) is 2.75. The Hall–Kier alpha value is -3.48. The molecule has 1 aliphatic rings. The molecule has 2 heterocycles. The monoisotopic (exact) mass is 434 g/mol. The number of H-pyrrole nitrogens is 1. The van der Waals surface area contributed by atoms with E-state index < -0.39 is 0 Å². The lowest BCUT2D eigenvalue weighted by molar-refractivity contribution is -0.134. The number of rotatable bonds is 6. The smallest absolute Gasteiger partial charge is 0.271 e. The minimum absolute atomic E-state index is 0.0740. The van der Waals surface area contributed by atoms with Crippen molar-refractivity contribution in [2.75, 3.05) is 26.2 Å². The summed E-state index contributed by atoms with van der Waals surface area (Å²) in [6.07, 6.45) is 4.37. The van der Waals surface area contributed by atoms with Gasteiger partial charge in [0.05, 0.1) is 18.4 Å². The predicted molar refractivity (Wildman–Crippen MR) is 120 cm³/mol. The molecule has 1 N–H and O–H groups in total. The Morgan fingerprint density at radius 2 is 1.94 bits per heavy atom. The molecular formula is C25H27FN4O2. The van der Waals surface area contributed by atoms with Gasteiger partial charge in [-0.05, 0) is 30.0 Å². The van der Waals surface area contributed by atoms with Crippen LogP contribution in [0.25, 0.3) is 11.1 Å². The quantitative estimate of drug-likeness (QED) is 0.642. The van der Waals surface area contributed by atoms with Crippen LogP contribution < -0.4 is 0 Å². The van der Waals surface area contributed by atoms with Gasteiger partial charge in [-0.15, -0.1) is 0 Å². The summed E-state index contributed by atoms with van der Waals surface area (Å²) in [5, 5.41) is 0. The van der Waals surface area contributed by atoms with Crippen LogP contribution in [0, 0.1) is 11.7 Å². The van der Waals surface area contributed by atoms with Gasteiger partial charge in [0.2, 0.25) is 5.91 Å². The van der Waals surface area contributed by atoms with E-state index >= 15 is 0 Å². The number of amides is 2. The molecular weight excluding hydrogens is 407 g/mol. The number of imidazole rings is 1. The Bertz CT molecular complexity index is 1070. The van der Waals surface area contributed by atoms with Gasteiger partial charge in [0.15, 0.2) is 0 Å². The van der Waals surface area contributed by atoms with Crippen LogP contribution in [0.5, 0.6) is 0 Å². The summed E-state index contributed by atoms with van der Waals surface area (Å²) in [6, 6.07) is 14.3. The van der Waals surface area contributed by atoms with Gasteiger partial charge in [0.1, 0.15) is 11.5 Å². The standard InChI is InChI=1S/C25H27FN4O2/c1-2-11-29-12-13-30(25(32)23-15-27-17-28-23)16-20(24(29)31)14-18-7-9-19(10-8-18)21-5-3-4-6-22(21)26/h3-10,15,17,20H,2,11-14,16H2,1H3,(H,27,28)/t20-/m1/s1. The molecule has 1 aliphatic heterocycles. The topological polar surface area (TPSA) is 69.3 Å². The number of aromatic amines is 1. The zero-order chi connectivity index (χ0) is 22.5. The van der Waals surface area contributed by atoms with Gasteiger partial charge in [-0.25, -0.2) is 9.37 Å². The van der Waals surface area contributed by atoms with Crippen LogP contribution in [0.4, 0.5) is 4.39 Å². The number of nitrogens with zero attached hydrogens (tertiary/aromatic N) is 3. The second-order valence-electron chi connectivity index (χ2n) is 8.12. The zero-order valence-corrected chi connectivity index (χ0v) is 18.1. The van der Waals surface area contributed by atoms with Crippen molar-refractivity contribution in [3.63, 3.8) is 0 Å². The van der Waals surface area contributed by atoms with Crippen LogP contribution in [0.15, 0.2) is 61.1 Å². The molecule has 6 nitrogen and oxygen atoms in total. The van der Waals surface area contributed by atoms with Crippen LogP contribution in [0.3, 0.4) is 0 Å². The number of carbonyl (C=O) groups excluding carboxylic acids is 2. The minimum atomic E-state index is -0.338. The van der Waals surface area contributed by atoms with Gasteiger partial charge in [0.25, 0.3) is 5.91 Å². The summed E-state index contributed by atoms with van der Waals surface area (Å²) >= 11 is 0. The maximum Gasteiger partial charge on any atom is 0.271 e. The maximum atomic E-state index is 14.1. The van der Waals surface area contributed by atoms with E-state index in [1.165, 1.54) is 18.6 Å². The maximum absolute atomic E-state index is 14.1. The Balaban J connectivity index is 1.54. The van der Waals surface area contributed by atoms with E-state index in [2.05, 4.69) is 9.97 Å². The number of carbonyl (C=O) groups is 2. The van der Waals surface area contributed by atoms with E-state index in [-0.39, 0.29) is 23.5 Å². The van der Waals surface area contributed by atoms with Gasteiger partial charge >= 0.3 is 0 Å².